The number of nitrogens with one attached hydrogen (secondary N) is 2. The van der Waals surface area contributed by atoms with Gasteiger partial charge in [-0.05, 0) is 68.4 Å². The van der Waals surface area contributed by atoms with Crippen LogP contribution in [0.4, 0.5) is 0 Å². The highest BCUT2D eigenvalue weighted by Gasteiger charge is 2.29. The van der Waals surface area contributed by atoms with Crippen LogP contribution in [0.25, 0.3) is 10.1 Å². The Morgan fingerprint density at radius 1 is 1.15 bits per heavy atom. The summed E-state index contributed by atoms with van der Waals surface area (Å²) >= 11 is 1.61. The van der Waals surface area contributed by atoms with Crippen molar-refractivity contribution < 1.29 is 9.59 Å². The molecule has 0 aliphatic heterocycles. The van der Waals surface area contributed by atoms with Crippen LogP contribution in [-0.2, 0) is 4.79 Å². The minimum Gasteiger partial charge on any atom is -0.356 e. The van der Waals surface area contributed by atoms with Gasteiger partial charge in [0.1, 0.15) is 0 Å². The van der Waals surface area contributed by atoms with Gasteiger partial charge in [0.25, 0.3) is 5.91 Å². The maximum absolute atomic E-state index is 12.8. The van der Waals surface area contributed by atoms with Gasteiger partial charge in [-0.1, -0.05) is 18.2 Å². The molecule has 0 radical (unpaired) electrons. The van der Waals surface area contributed by atoms with Crippen molar-refractivity contribution >= 4 is 33.2 Å². The molecule has 0 atom stereocenters. The van der Waals surface area contributed by atoms with Gasteiger partial charge in [-0.15, -0.1) is 11.3 Å². The van der Waals surface area contributed by atoms with Crippen molar-refractivity contribution in [3.63, 3.8) is 0 Å². The normalized spacial score (nSPS) is 20.3. The molecule has 1 heterocycles. The molecular formula is C21H28N2O2S. The lowest BCUT2D eigenvalue weighted by molar-refractivity contribution is -0.119. The van der Waals surface area contributed by atoms with Crippen molar-refractivity contribution in [2.45, 2.75) is 58.4 Å². The number of benzene rings is 1. The minimum absolute atomic E-state index is 0.0450. The molecule has 5 heteroatoms. The predicted octanol–water partition coefficient (Wildman–Crippen LogP) is 4.45. The van der Waals surface area contributed by atoms with E-state index in [0.717, 1.165) is 37.1 Å². The lowest BCUT2D eigenvalue weighted by atomic mass is 9.77. The Bertz CT molecular complexity index is 788. The fourth-order valence-electron chi connectivity index (χ4n) is 3.91. The van der Waals surface area contributed by atoms with E-state index in [0.29, 0.717) is 11.8 Å². The molecule has 1 aliphatic carbocycles. The van der Waals surface area contributed by atoms with Crippen molar-refractivity contribution in [2.75, 3.05) is 6.54 Å². The van der Waals surface area contributed by atoms with Gasteiger partial charge in [0, 0.05) is 24.2 Å². The van der Waals surface area contributed by atoms with Gasteiger partial charge in [-0.2, -0.15) is 0 Å². The van der Waals surface area contributed by atoms with Gasteiger partial charge in [0.15, 0.2) is 0 Å². The first-order valence-electron chi connectivity index (χ1n) is 9.52. The average molecular weight is 373 g/mol. The zero-order valence-corrected chi connectivity index (χ0v) is 16.6. The summed E-state index contributed by atoms with van der Waals surface area (Å²) in [6.45, 7) is 6.34. The number of carbonyl (C=O) groups excluding carboxylic acids is 2. The second-order valence-corrected chi connectivity index (χ2v) is 8.68. The number of rotatable bonds is 5. The molecule has 1 fully saturated rings. The van der Waals surface area contributed by atoms with Crippen molar-refractivity contribution in [2.24, 2.45) is 5.92 Å². The highest BCUT2D eigenvalue weighted by molar-refractivity contribution is 7.21. The van der Waals surface area contributed by atoms with Crippen molar-refractivity contribution in [3.8, 4) is 0 Å². The Morgan fingerprint density at radius 3 is 2.50 bits per heavy atom. The molecule has 26 heavy (non-hydrogen) atoms. The monoisotopic (exact) mass is 372 g/mol. The average Bonchev–Trinajstić information content (AvgIpc) is 2.99. The number of fused-ring (bicyclic) bond motifs is 1. The highest BCUT2D eigenvalue weighted by Crippen LogP contribution is 2.43. The molecule has 1 saturated carbocycles. The Balaban J connectivity index is 1.82. The van der Waals surface area contributed by atoms with Crippen LogP contribution in [0.2, 0.25) is 0 Å². The van der Waals surface area contributed by atoms with E-state index in [2.05, 4.69) is 28.8 Å². The molecule has 0 unspecified atom stereocenters. The topological polar surface area (TPSA) is 58.2 Å². The molecule has 1 aromatic heterocycles. The van der Waals surface area contributed by atoms with Crippen LogP contribution in [0, 0.1) is 5.92 Å². The van der Waals surface area contributed by atoms with Gasteiger partial charge < -0.3 is 10.6 Å². The molecule has 3 rings (SSSR count). The number of amides is 2. The summed E-state index contributed by atoms with van der Waals surface area (Å²) in [6.07, 6.45) is 4.35. The largest absolute Gasteiger partial charge is 0.356 e. The summed E-state index contributed by atoms with van der Waals surface area (Å²) in [5, 5.41) is 7.24. The van der Waals surface area contributed by atoms with Crippen LogP contribution in [0.5, 0.6) is 0 Å². The van der Waals surface area contributed by atoms with E-state index >= 15 is 0 Å². The molecule has 0 bridgehead atoms. The Labute approximate surface area is 159 Å². The maximum atomic E-state index is 12.8. The molecule has 2 aromatic rings. The quantitative estimate of drug-likeness (QED) is 0.815. The Hall–Kier alpha value is -1.88. The number of hydrogen-bond donors (Lipinski definition) is 2. The van der Waals surface area contributed by atoms with E-state index in [1.165, 1.54) is 15.6 Å². The summed E-state index contributed by atoms with van der Waals surface area (Å²) in [4.78, 5) is 24.8. The van der Waals surface area contributed by atoms with Gasteiger partial charge >= 0.3 is 0 Å². The molecule has 2 N–H and O–H groups in total. The molecule has 4 nitrogen and oxygen atoms in total. The van der Waals surface area contributed by atoms with Crippen LogP contribution < -0.4 is 10.6 Å². The molecular weight excluding hydrogens is 344 g/mol. The first-order valence-corrected chi connectivity index (χ1v) is 10.3. The fourth-order valence-corrected chi connectivity index (χ4v) is 5.10. The first-order chi connectivity index (χ1) is 12.5. The van der Waals surface area contributed by atoms with E-state index in [9.17, 15) is 9.59 Å². The van der Waals surface area contributed by atoms with E-state index < -0.39 is 0 Å². The molecule has 1 aromatic carbocycles. The summed E-state index contributed by atoms with van der Waals surface area (Å²) < 4.78 is 1.19. The van der Waals surface area contributed by atoms with E-state index in [-0.39, 0.29) is 17.9 Å². The standard InChI is InChI=1S/C21H28N2O2S/c1-13(2)23-21(25)20-19(17-6-4-5-7-18(17)26-20)16-10-8-15(9-11-16)12-22-14(3)24/h4-7,13,15-16H,8-12H2,1-3H3,(H,22,24)(H,23,25). The smallest absolute Gasteiger partial charge is 0.261 e. The van der Waals surface area contributed by atoms with Crippen molar-refractivity contribution in [1.29, 1.82) is 0 Å². The van der Waals surface area contributed by atoms with Crippen LogP contribution in [0.15, 0.2) is 24.3 Å². The number of thiophene rings is 1. The van der Waals surface area contributed by atoms with Crippen LogP contribution in [-0.4, -0.2) is 24.4 Å². The SMILES string of the molecule is CC(=O)NCC1CCC(c2c(C(=O)NC(C)C)sc3ccccc23)CC1. The molecule has 0 saturated heterocycles. The molecule has 2 amide bonds. The lowest BCUT2D eigenvalue weighted by Gasteiger charge is -2.29. The molecule has 1 aliphatic rings. The Morgan fingerprint density at radius 2 is 1.85 bits per heavy atom. The molecule has 0 spiro atoms. The maximum Gasteiger partial charge on any atom is 0.261 e. The van der Waals surface area contributed by atoms with E-state index in [4.69, 9.17) is 0 Å². The highest BCUT2D eigenvalue weighted by atomic mass is 32.1. The second-order valence-electron chi connectivity index (χ2n) is 7.62. The minimum atomic E-state index is 0.0450. The summed E-state index contributed by atoms with van der Waals surface area (Å²) in [7, 11) is 0. The third kappa shape index (κ3) is 4.26. The van der Waals surface area contributed by atoms with Crippen molar-refractivity contribution in [3.05, 3.63) is 34.7 Å². The zero-order chi connectivity index (χ0) is 18.7. The molecule has 140 valence electrons. The lowest BCUT2D eigenvalue weighted by Crippen LogP contribution is -2.31. The summed E-state index contributed by atoms with van der Waals surface area (Å²) in [5.74, 6) is 1.07. The Kier molecular flexibility index (Phi) is 5.97. The van der Waals surface area contributed by atoms with Crippen molar-refractivity contribution in [1.82, 2.24) is 10.6 Å². The number of hydrogen-bond acceptors (Lipinski definition) is 3. The number of carbonyl (C=O) groups is 2. The van der Waals surface area contributed by atoms with Gasteiger partial charge in [-0.3, -0.25) is 9.59 Å². The van der Waals surface area contributed by atoms with Gasteiger partial charge in [0.2, 0.25) is 5.91 Å². The zero-order valence-electron chi connectivity index (χ0n) is 15.8. The summed E-state index contributed by atoms with van der Waals surface area (Å²) in [5.41, 5.74) is 1.24. The van der Waals surface area contributed by atoms with E-state index in [1.54, 1.807) is 18.3 Å². The third-order valence-electron chi connectivity index (χ3n) is 5.15. The third-order valence-corrected chi connectivity index (χ3v) is 6.34. The first kappa shape index (κ1) is 18.9. The predicted molar refractivity (Wildman–Crippen MR) is 108 cm³/mol. The second kappa shape index (κ2) is 8.21. The fraction of sp³-hybridized carbons (Fsp3) is 0.524. The summed E-state index contributed by atoms with van der Waals surface area (Å²) in [6, 6.07) is 8.49. The van der Waals surface area contributed by atoms with Gasteiger partial charge in [0.05, 0.1) is 4.88 Å². The van der Waals surface area contributed by atoms with E-state index in [1.807, 2.05) is 19.9 Å². The van der Waals surface area contributed by atoms with Crippen LogP contribution in [0.3, 0.4) is 0 Å². The van der Waals surface area contributed by atoms with Crippen LogP contribution >= 0.6 is 11.3 Å². The van der Waals surface area contributed by atoms with Gasteiger partial charge in [-0.25, -0.2) is 0 Å². The van der Waals surface area contributed by atoms with Crippen LogP contribution in [0.1, 0.15) is 67.6 Å².